The summed E-state index contributed by atoms with van der Waals surface area (Å²) in [4.78, 5) is 11.3. The Bertz CT molecular complexity index is 348. The average molecular weight is 198 g/mol. The van der Waals surface area contributed by atoms with Crippen molar-refractivity contribution in [3.8, 4) is 0 Å². The Balaban J connectivity index is 2.33. The summed E-state index contributed by atoms with van der Waals surface area (Å²) in [5.74, 6) is 0. The van der Waals surface area contributed by atoms with Crippen LogP contribution in [0.4, 0.5) is 5.00 Å². The quantitative estimate of drug-likeness (QED) is 0.552. The standard InChI is InChI=1S/C8H10N2O2S/c1-5-2-7-6(4-9-5)3-8(13-7)10(11)12/h3,5,9H,2,4H2,1H3/t5-/m1/s1. The summed E-state index contributed by atoms with van der Waals surface area (Å²) in [5.41, 5.74) is 1.09. The van der Waals surface area contributed by atoms with Gasteiger partial charge in [-0.05, 0) is 18.9 Å². The van der Waals surface area contributed by atoms with Crippen molar-refractivity contribution in [3.05, 3.63) is 26.6 Å². The summed E-state index contributed by atoms with van der Waals surface area (Å²) >= 11 is 1.31. The number of hydrogen-bond donors (Lipinski definition) is 1. The Hall–Kier alpha value is -0.940. The van der Waals surface area contributed by atoms with E-state index in [1.165, 1.54) is 11.3 Å². The molecule has 0 amide bonds. The van der Waals surface area contributed by atoms with Gasteiger partial charge in [-0.2, -0.15) is 0 Å². The third-order valence-electron chi connectivity index (χ3n) is 2.20. The molecule has 0 fully saturated rings. The van der Waals surface area contributed by atoms with Crippen molar-refractivity contribution in [3.63, 3.8) is 0 Å². The lowest BCUT2D eigenvalue weighted by molar-refractivity contribution is -0.380. The summed E-state index contributed by atoms with van der Waals surface area (Å²) in [6.07, 6.45) is 0.911. The van der Waals surface area contributed by atoms with Gasteiger partial charge in [-0.3, -0.25) is 10.1 Å². The highest BCUT2D eigenvalue weighted by Gasteiger charge is 2.21. The van der Waals surface area contributed by atoms with Gasteiger partial charge in [0, 0.05) is 23.5 Å². The van der Waals surface area contributed by atoms with E-state index < -0.39 is 0 Å². The first kappa shape index (κ1) is 8.65. The van der Waals surface area contributed by atoms with Gasteiger partial charge < -0.3 is 5.32 Å². The summed E-state index contributed by atoms with van der Waals surface area (Å²) in [5, 5.41) is 14.0. The molecular formula is C8H10N2O2S. The Labute approximate surface area is 79.7 Å². The van der Waals surface area contributed by atoms with Crippen LogP contribution in [-0.2, 0) is 13.0 Å². The fourth-order valence-electron chi connectivity index (χ4n) is 1.50. The SMILES string of the molecule is C[C@@H]1Cc2sc([N+](=O)[O-])cc2CN1. The van der Waals surface area contributed by atoms with E-state index in [0.29, 0.717) is 6.04 Å². The number of rotatable bonds is 1. The molecule has 1 aromatic heterocycles. The molecule has 0 spiro atoms. The van der Waals surface area contributed by atoms with Gasteiger partial charge in [0.05, 0.1) is 4.92 Å². The predicted molar refractivity (Wildman–Crippen MR) is 51.0 cm³/mol. The Morgan fingerprint density at radius 3 is 3.23 bits per heavy atom. The van der Waals surface area contributed by atoms with Gasteiger partial charge in [0.25, 0.3) is 0 Å². The zero-order valence-electron chi connectivity index (χ0n) is 7.24. The molecule has 4 nitrogen and oxygen atoms in total. The van der Waals surface area contributed by atoms with Crippen molar-refractivity contribution in [2.45, 2.75) is 25.9 Å². The molecule has 2 heterocycles. The Morgan fingerprint density at radius 2 is 2.54 bits per heavy atom. The molecule has 0 unspecified atom stereocenters. The zero-order valence-corrected chi connectivity index (χ0v) is 8.06. The van der Waals surface area contributed by atoms with Crippen LogP contribution in [-0.4, -0.2) is 11.0 Å². The lowest BCUT2D eigenvalue weighted by Crippen LogP contribution is -2.31. The van der Waals surface area contributed by atoms with E-state index in [9.17, 15) is 10.1 Å². The average Bonchev–Trinajstić information content (AvgIpc) is 2.46. The summed E-state index contributed by atoms with van der Waals surface area (Å²) in [6, 6.07) is 2.12. The monoisotopic (exact) mass is 198 g/mol. The topological polar surface area (TPSA) is 55.2 Å². The van der Waals surface area contributed by atoms with Crippen molar-refractivity contribution in [2.75, 3.05) is 0 Å². The molecule has 0 bridgehead atoms. The summed E-state index contributed by atoms with van der Waals surface area (Å²) < 4.78 is 0. The van der Waals surface area contributed by atoms with Gasteiger partial charge in [0.1, 0.15) is 0 Å². The highest BCUT2D eigenvalue weighted by atomic mass is 32.1. The number of nitrogens with one attached hydrogen (secondary N) is 1. The molecule has 13 heavy (non-hydrogen) atoms. The van der Waals surface area contributed by atoms with Crippen LogP contribution in [0.1, 0.15) is 17.4 Å². The fourth-order valence-corrected chi connectivity index (χ4v) is 2.62. The van der Waals surface area contributed by atoms with Gasteiger partial charge in [-0.1, -0.05) is 11.3 Å². The van der Waals surface area contributed by atoms with Gasteiger partial charge in [-0.15, -0.1) is 0 Å². The minimum absolute atomic E-state index is 0.265. The maximum Gasteiger partial charge on any atom is 0.324 e. The lowest BCUT2D eigenvalue weighted by Gasteiger charge is -2.18. The molecule has 1 aliphatic rings. The number of hydrogen-bond acceptors (Lipinski definition) is 4. The van der Waals surface area contributed by atoms with Gasteiger partial charge >= 0.3 is 5.00 Å². The largest absolute Gasteiger partial charge is 0.324 e. The second-order valence-corrected chi connectivity index (χ2v) is 4.39. The summed E-state index contributed by atoms with van der Waals surface area (Å²) in [7, 11) is 0. The van der Waals surface area contributed by atoms with Crippen LogP contribution in [0.5, 0.6) is 0 Å². The highest BCUT2D eigenvalue weighted by molar-refractivity contribution is 7.15. The van der Waals surface area contributed by atoms with E-state index >= 15 is 0 Å². The first-order valence-electron chi connectivity index (χ1n) is 4.16. The minimum Gasteiger partial charge on any atom is -0.310 e. The van der Waals surface area contributed by atoms with Crippen molar-refractivity contribution in [1.82, 2.24) is 5.32 Å². The molecular weight excluding hydrogens is 188 g/mol. The second-order valence-electron chi connectivity index (χ2n) is 3.28. The van der Waals surface area contributed by atoms with Crippen LogP contribution in [0.25, 0.3) is 0 Å². The molecule has 0 aromatic carbocycles. The normalized spacial score (nSPS) is 21.2. The molecule has 0 saturated heterocycles. The molecule has 0 radical (unpaired) electrons. The smallest absolute Gasteiger partial charge is 0.310 e. The van der Waals surface area contributed by atoms with Crippen molar-refractivity contribution >= 4 is 16.3 Å². The van der Waals surface area contributed by atoms with Crippen LogP contribution in [0.3, 0.4) is 0 Å². The fraction of sp³-hybridized carbons (Fsp3) is 0.500. The van der Waals surface area contributed by atoms with Crippen molar-refractivity contribution in [1.29, 1.82) is 0 Å². The third-order valence-corrected chi connectivity index (χ3v) is 3.35. The zero-order chi connectivity index (χ0) is 9.42. The first-order valence-corrected chi connectivity index (χ1v) is 4.98. The van der Waals surface area contributed by atoms with Gasteiger partial charge in [-0.25, -0.2) is 0 Å². The molecule has 1 atom stereocenters. The van der Waals surface area contributed by atoms with E-state index in [2.05, 4.69) is 12.2 Å². The molecule has 70 valence electrons. The molecule has 0 aliphatic carbocycles. The minimum atomic E-state index is -0.312. The first-order chi connectivity index (χ1) is 6.16. The van der Waals surface area contributed by atoms with Crippen LogP contribution < -0.4 is 5.32 Å². The summed E-state index contributed by atoms with van der Waals surface area (Å²) in [6.45, 7) is 2.86. The predicted octanol–water partition coefficient (Wildman–Crippen LogP) is 1.69. The van der Waals surface area contributed by atoms with E-state index in [0.717, 1.165) is 23.4 Å². The van der Waals surface area contributed by atoms with Crippen LogP contribution in [0.15, 0.2) is 6.07 Å². The van der Waals surface area contributed by atoms with E-state index in [1.54, 1.807) is 6.07 Å². The maximum atomic E-state index is 10.5. The van der Waals surface area contributed by atoms with E-state index in [1.807, 2.05) is 0 Å². The number of nitrogens with zero attached hydrogens (tertiary/aromatic N) is 1. The lowest BCUT2D eigenvalue weighted by atomic mass is 10.1. The van der Waals surface area contributed by atoms with Gasteiger partial charge in [0.15, 0.2) is 0 Å². The molecule has 1 aliphatic heterocycles. The Morgan fingerprint density at radius 1 is 1.77 bits per heavy atom. The molecule has 0 saturated carbocycles. The highest BCUT2D eigenvalue weighted by Crippen LogP contribution is 2.31. The number of thiophene rings is 1. The molecule has 5 heteroatoms. The van der Waals surface area contributed by atoms with Gasteiger partial charge in [0.2, 0.25) is 0 Å². The van der Waals surface area contributed by atoms with Crippen LogP contribution >= 0.6 is 11.3 Å². The Kier molecular flexibility index (Phi) is 2.05. The van der Waals surface area contributed by atoms with Crippen molar-refractivity contribution < 1.29 is 4.92 Å². The third kappa shape index (κ3) is 1.57. The second kappa shape index (κ2) is 3.08. The van der Waals surface area contributed by atoms with E-state index in [4.69, 9.17) is 0 Å². The molecule has 2 rings (SSSR count). The van der Waals surface area contributed by atoms with E-state index in [-0.39, 0.29) is 9.92 Å². The van der Waals surface area contributed by atoms with Crippen molar-refractivity contribution in [2.24, 2.45) is 0 Å². The molecule has 1 N–H and O–H groups in total. The van der Waals surface area contributed by atoms with Crippen LogP contribution in [0, 0.1) is 10.1 Å². The number of nitro groups is 1. The maximum absolute atomic E-state index is 10.5. The number of fused-ring (bicyclic) bond motifs is 1. The van der Waals surface area contributed by atoms with Crippen LogP contribution in [0.2, 0.25) is 0 Å². The molecule has 1 aromatic rings.